The molecule has 60 heavy (non-hydrogen) atoms. The fraction of sp³-hybridized carbons (Fsp3) is 0.386. The zero-order valence-electron chi connectivity index (χ0n) is 34.4. The maximum atomic E-state index is 14.1. The molecule has 0 aromatic heterocycles. The predicted octanol–water partition coefficient (Wildman–Crippen LogP) is 6.39. The third-order valence-corrected chi connectivity index (χ3v) is 10.8. The second-order valence-corrected chi connectivity index (χ2v) is 15.3. The van der Waals surface area contributed by atoms with Crippen molar-refractivity contribution in [3.8, 4) is 23.0 Å². The highest BCUT2D eigenvalue weighted by Gasteiger charge is 2.53. The molecule has 316 valence electrons. The quantitative estimate of drug-likeness (QED) is 0.152. The molecular weight excluding hydrogens is 773 g/mol. The van der Waals surface area contributed by atoms with Crippen LogP contribution in [0.15, 0.2) is 77.1 Å². The number of benzene rings is 3. The van der Waals surface area contributed by atoms with Crippen LogP contribution in [0, 0.1) is 0 Å². The highest BCUT2D eigenvalue weighted by molar-refractivity contribution is 6.07. The molecule has 0 saturated heterocycles. The third-order valence-electron chi connectivity index (χ3n) is 10.8. The van der Waals surface area contributed by atoms with Gasteiger partial charge in [-0.1, -0.05) is 30.2 Å². The minimum absolute atomic E-state index is 0.0392. The normalized spacial score (nSPS) is 20.2. The number of hydrogen-bond donors (Lipinski definition) is 3. The molecule has 4 amide bonds. The predicted molar refractivity (Wildman–Crippen MR) is 223 cm³/mol. The van der Waals surface area contributed by atoms with Crippen LogP contribution in [0.2, 0.25) is 0 Å². The lowest BCUT2D eigenvalue weighted by Gasteiger charge is -2.39. The van der Waals surface area contributed by atoms with Crippen LogP contribution in [0.4, 0.5) is 21.9 Å². The first-order valence-corrected chi connectivity index (χ1v) is 19.9. The van der Waals surface area contributed by atoms with E-state index in [9.17, 15) is 24.3 Å². The van der Waals surface area contributed by atoms with Crippen LogP contribution < -0.4 is 34.9 Å². The van der Waals surface area contributed by atoms with Crippen LogP contribution >= 0.6 is 0 Å². The molecule has 0 spiro atoms. The fourth-order valence-electron chi connectivity index (χ4n) is 7.70. The van der Waals surface area contributed by atoms with Crippen molar-refractivity contribution in [2.75, 3.05) is 37.7 Å². The Morgan fingerprint density at radius 3 is 2.22 bits per heavy atom. The Morgan fingerprint density at radius 2 is 1.55 bits per heavy atom. The Bertz CT molecular complexity index is 2270. The minimum atomic E-state index is -1.71. The Balaban J connectivity index is 1.01. The molecule has 16 heteroatoms. The Kier molecular flexibility index (Phi) is 12.1. The number of carbonyl (C=O) groups excluding carboxylic acids is 4. The summed E-state index contributed by atoms with van der Waals surface area (Å²) in [6, 6.07) is 13.1. The molecule has 4 aliphatic heterocycles. The lowest BCUT2D eigenvalue weighted by Crippen LogP contribution is -2.65. The maximum Gasteiger partial charge on any atom is 0.416 e. The van der Waals surface area contributed by atoms with E-state index < -0.39 is 23.9 Å². The first-order valence-electron chi connectivity index (χ1n) is 19.9. The van der Waals surface area contributed by atoms with Gasteiger partial charge in [0, 0.05) is 49.3 Å². The average Bonchev–Trinajstić information content (AvgIpc) is 3.73. The number of fused-ring (bicyclic) bond motifs is 4. The lowest BCUT2D eigenvalue weighted by atomic mass is 10.0. The number of nitrogens with zero attached hydrogens (tertiary/aromatic N) is 4. The van der Waals surface area contributed by atoms with Crippen LogP contribution in [0.3, 0.4) is 0 Å². The number of nitrogens with one attached hydrogen (secondary N) is 1. The molecule has 7 rings (SSSR count). The molecule has 16 nitrogen and oxygen atoms in total. The van der Waals surface area contributed by atoms with E-state index in [1.54, 1.807) is 67.6 Å². The molecule has 4 heterocycles. The second kappa shape index (κ2) is 17.5. The number of anilines is 2. The Hall–Kier alpha value is -6.39. The van der Waals surface area contributed by atoms with E-state index in [-0.39, 0.29) is 60.2 Å². The van der Waals surface area contributed by atoms with Crippen LogP contribution in [0.1, 0.15) is 85.6 Å². The summed E-state index contributed by atoms with van der Waals surface area (Å²) in [7, 11) is 2.97. The number of amides is 4. The minimum Gasteiger partial charge on any atom is -0.493 e. The number of aliphatic imine (C=N–C) groups is 1. The van der Waals surface area contributed by atoms with Crippen molar-refractivity contribution in [2.45, 2.75) is 83.8 Å². The molecule has 0 saturated carbocycles. The van der Waals surface area contributed by atoms with Gasteiger partial charge in [0.1, 0.15) is 12.3 Å². The summed E-state index contributed by atoms with van der Waals surface area (Å²) in [5.74, 6) is 0.613. The van der Waals surface area contributed by atoms with Gasteiger partial charge in [-0.25, -0.2) is 9.69 Å². The van der Waals surface area contributed by atoms with Gasteiger partial charge in [-0.15, -0.1) is 0 Å². The first-order chi connectivity index (χ1) is 28.8. The van der Waals surface area contributed by atoms with Gasteiger partial charge in [0.15, 0.2) is 29.2 Å². The van der Waals surface area contributed by atoms with Crippen LogP contribution in [-0.2, 0) is 16.1 Å². The van der Waals surface area contributed by atoms with Crippen molar-refractivity contribution in [2.24, 2.45) is 10.7 Å². The monoisotopic (exact) mass is 822 g/mol. The fourth-order valence-corrected chi connectivity index (χ4v) is 7.70. The summed E-state index contributed by atoms with van der Waals surface area (Å²) in [6.45, 7) is 5.99. The third kappa shape index (κ3) is 8.25. The van der Waals surface area contributed by atoms with Crippen molar-refractivity contribution < 1.29 is 48.0 Å². The van der Waals surface area contributed by atoms with Crippen LogP contribution in [0.5, 0.6) is 23.0 Å². The molecule has 3 atom stereocenters. The van der Waals surface area contributed by atoms with E-state index in [0.717, 1.165) is 28.9 Å². The Morgan fingerprint density at radius 1 is 0.883 bits per heavy atom. The van der Waals surface area contributed by atoms with E-state index in [4.69, 9.17) is 29.4 Å². The highest BCUT2D eigenvalue weighted by atomic mass is 16.6. The van der Waals surface area contributed by atoms with E-state index in [2.05, 4.69) is 10.3 Å². The van der Waals surface area contributed by atoms with Gasteiger partial charge in [-0.05, 0) is 69.4 Å². The van der Waals surface area contributed by atoms with Gasteiger partial charge in [-0.3, -0.25) is 24.3 Å². The zero-order chi connectivity index (χ0) is 42.7. The van der Waals surface area contributed by atoms with Gasteiger partial charge in [0.2, 0.25) is 5.91 Å². The number of ether oxygens (including phenoxy) is 5. The molecule has 4 aliphatic rings. The van der Waals surface area contributed by atoms with E-state index >= 15 is 0 Å². The largest absolute Gasteiger partial charge is 0.493 e. The van der Waals surface area contributed by atoms with Gasteiger partial charge in [0.05, 0.1) is 56.0 Å². The Labute approximate surface area is 348 Å². The molecule has 0 aliphatic carbocycles. The van der Waals surface area contributed by atoms with E-state index in [1.807, 2.05) is 13.1 Å². The summed E-state index contributed by atoms with van der Waals surface area (Å²) in [5, 5.41) is 14.6. The number of aliphatic hydroxyl groups excluding tert-OH is 1. The average molecular weight is 823 g/mol. The van der Waals surface area contributed by atoms with Crippen LogP contribution in [0.25, 0.3) is 0 Å². The van der Waals surface area contributed by atoms with Crippen molar-refractivity contribution in [3.63, 3.8) is 0 Å². The smallest absolute Gasteiger partial charge is 0.416 e. The van der Waals surface area contributed by atoms with E-state index in [1.165, 1.54) is 31.3 Å². The summed E-state index contributed by atoms with van der Waals surface area (Å²) in [6.07, 6.45) is 5.78. The molecule has 0 bridgehead atoms. The van der Waals surface area contributed by atoms with Gasteiger partial charge >= 0.3 is 6.09 Å². The molecule has 0 radical (unpaired) electrons. The van der Waals surface area contributed by atoms with Gasteiger partial charge in [0.25, 0.3) is 11.8 Å². The van der Waals surface area contributed by atoms with E-state index in [0.29, 0.717) is 59.9 Å². The maximum absolute atomic E-state index is 14.1. The second-order valence-electron chi connectivity index (χ2n) is 15.3. The molecule has 3 aromatic rings. The lowest BCUT2D eigenvalue weighted by molar-refractivity contribution is -0.115. The van der Waals surface area contributed by atoms with Gasteiger partial charge in [-0.2, -0.15) is 0 Å². The molecular formula is C44H50N6O10. The SMILES string of the molecule is CCC(=O)Nc1ccc(COC(=O)N2c3cc(OCCCCCOc4cc5c(cc4OC)C(=O)N4C=C(C)CC4C=N5)c(OC)cc3C(=O)N3C=C(C)C[C@@]3(N)[C@@H]2O)cc1. The summed E-state index contributed by atoms with van der Waals surface area (Å²) in [4.78, 5) is 61.7. The first kappa shape index (κ1) is 41.8. The number of nitrogens with two attached hydrogens (primary N) is 1. The van der Waals surface area contributed by atoms with Crippen molar-refractivity contribution >= 4 is 47.1 Å². The highest BCUT2D eigenvalue weighted by Crippen LogP contribution is 2.44. The van der Waals surface area contributed by atoms with Crippen molar-refractivity contribution in [3.05, 3.63) is 88.8 Å². The number of rotatable bonds is 14. The number of unbranched alkanes of at least 4 members (excludes halogenated alkanes) is 2. The number of aliphatic hydroxyl groups is 1. The number of methoxy groups -OCH3 is 2. The number of carbonyl (C=O) groups is 4. The van der Waals surface area contributed by atoms with Crippen LogP contribution in [-0.4, -0.2) is 90.3 Å². The molecule has 0 fully saturated rings. The number of hydrogen-bond acceptors (Lipinski definition) is 12. The molecule has 1 unspecified atom stereocenters. The van der Waals surface area contributed by atoms with Gasteiger partial charge < -0.3 is 44.7 Å². The summed E-state index contributed by atoms with van der Waals surface area (Å²) in [5.41, 5.74) is 9.22. The van der Waals surface area contributed by atoms with Crippen molar-refractivity contribution in [1.82, 2.24) is 9.80 Å². The topological polar surface area (TPSA) is 195 Å². The molecule has 3 aromatic carbocycles. The summed E-state index contributed by atoms with van der Waals surface area (Å²) < 4.78 is 29.2. The van der Waals surface area contributed by atoms with Crippen molar-refractivity contribution in [1.29, 1.82) is 0 Å². The summed E-state index contributed by atoms with van der Waals surface area (Å²) >= 11 is 0. The zero-order valence-corrected chi connectivity index (χ0v) is 34.4. The molecule has 4 N–H and O–H groups in total. The standard InChI is InChI=1S/C44H50N6O10/c1-6-39(51)47-29-12-10-28(11-13-29)25-60-43(55)50-34-20-38(36(57-5)18-32(34)41(53)49-24-27(3)21-44(49,45)42(50)54)59-15-9-7-8-14-58-37-19-33-31(17-35(37)56-4)40(52)48-23-26(2)16-30(48)22-46-33/h10-13,17-20,22-24,30,42,54H,6-9,14-16,21,25,45H2,1-5H3,(H,47,51)/t30?,42-,44-/m0/s1.